The third kappa shape index (κ3) is 7.02. The molecule has 0 radical (unpaired) electrons. The van der Waals surface area contributed by atoms with Crippen LogP contribution in [0.5, 0.6) is 0 Å². The number of rotatable bonds is 8. The topological polar surface area (TPSA) is 144 Å². The van der Waals surface area contributed by atoms with Crippen molar-refractivity contribution in [2.24, 2.45) is 0 Å². The van der Waals surface area contributed by atoms with Gasteiger partial charge in [0.1, 0.15) is 6.54 Å². The molecule has 20 heavy (non-hydrogen) atoms. The van der Waals surface area contributed by atoms with E-state index in [1.54, 1.807) is 21.1 Å². The van der Waals surface area contributed by atoms with E-state index < -0.39 is 42.6 Å². The molecule has 3 N–H and O–H groups in total. The second-order valence-corrected chi connectivity index (χ2v) is 5.34. The van der Waals surface area contributed by atoms with E-state index in [1.807, 2.05) is 0 Å². The van der Waals surface area contributed by atoms with Crippen LogP contribution in [-0.4, -0.2) is 83.7 Å². The summed E-state index contributed by atoms with van der Waals surface area (Å²) in [6.07, 6.45) is -6.33. The predicted molar refractivity (Wildman–Crippen MR) is 62.1 cm³/mol. The molecule has 116 valence electrons. The molecular weight excluding hydrogens is 274 g/mol. The number of aliphatic carboxylic acids is 2. The van der Waals surface area contributed by atoms with Crippen molar-refractivity contribution in [1.82, 2.24) is 0 Å². The lowest BCUT2D eigenvalue weighted by molar-refractivity contribution is -0.873. The fraction of sp³-hybridized carbons (Fsp3) is 0.727. The summed E-state index contributed by atoms with van der Waals surface area (Å²) in [6.45, 7) is 0.107. The number of carbonyl (C=O) groups is 3. The Kier molecular flexibility index (Phi) is 6.56. The molecule has 0 fully saturated rings. The van der Waals surface area contributed by atoms with E-state index >= 15 is 0 Å². The molecule has 0 aliphatic rings. The first kappa shape index (κ1) is 18.3. The third-order valence-electron chi connectivity index (χ3n) is 2.22. The number of nitrogens with zero attached hydrogens (tertiary/aromatic N) is 1. The lowest BCUT2D eigenvalue weighted by atomic mass is 10.2. The monoisotopic (exact) mass is 293 g/mol. The lowest BCUT2D eigenvalue weighted by Gasteiger charge is -2.29. The zero-order chi connectivity index (χ0) is 16.1. The average molecular weight is 293 g/mol. The molecule has 0 bridgehead atoms. The number of hydrogen-bond acceptors (Lipinski definition) is 7. The number of aliphatic hydroxyl groups is 2. The summed E-state index contributed by atoms with van der Waals surface area (Å²) in [7, 11) is 5.16. The number of esters is 1. The largest absolute Gasteiger partial charge is 0.550 e. The van der Waals surface area contributed by atoms with Crippen LogP contribution in [0.15, 0.2) is 0 Å². The minimum atomic E-state index is -2.34. The SMILES string of the molecule is C[N+](C)(C)CC(CC(=O)[O-])OC(=O)[C@@H](O)[C@H](O)C(=O)O. The van der Waals surface area contributed by atoms with Gasteiger partial charge in [0.25, 0.3) is 0 Å². The van der Waals surface area contributed by atoms with Crippen molar-refractivity contribution in [3.05, 3.63) is 0 Å². The van der Waals surface area contributed by atoms with Crippen LogP contribution in [0.4, 0.5) is 0 Å². The van der Waals surface area contributed by atoms with Gasteiger partial charge in [0, 0.05) is 12.4 Å². The molecule has 0 aliphatic heterocycles. The van der Waals surface area contributed by atoms with E-state index in [1.165, 1.54) is 0 Å². The Bertz CT molecular complexity index is 375. The zero-order valence-corrected chi connectivity index (χ0v) is 11.5. The van der Waals surface area contributed by atoms with Gasteiger partial charge in [-0.25, -0.2) is 9.59 Å². The van der Waals surface area contributed by atoms with Gasteiger partial charge in [-0.3, -0.25) is 0 Å². The van der Waals surface area contributed by atoms with Gasteiger partial charge < -0.3 is 34.4 Å². The second kappa shape index (κ2) is 7.17. The van der Waals surface area contributed by atoms with Gasteiger partial charge in [-0.05, 0) is 0 Å². The highest BCUT2D eigenvalue weighted by Gasteiger charge is 2.34. The smallest absolute Gasteiger partial charge is 0.338 e. The maximum absolute atomic E-state index is 11.5. The number of likely N-dealkylation sites (N-methyl/N-ethyl adjacent to an activating group) is 1. The normalized spacial score (nSPS) is 16.1. The number of hydrogen-bond donors (Lipinski definition) is 3. The van der Waals surface area contributed by atoms with Gasteiger partial charge >= 0.3 is 11.9 Å². The Labute approximate surface area is 115 Å². The molecule has 0 saturated heterocycles. The molecule has 0 heterocycles. The molecule has 0 rings (SSSR count). The van der Waals surface area contributed by atoms with Gasteiger partial charge in [-0.2, -0.15) is 0 Å². The van der Waals surface area contributed by atoms with Crippen LogP contribution in [0.3, 0.4) is 0 Å². The minimum Gasteiger partial charge on any atom is -0.550 e. The number of quaternary nitrogens is 1. The highest BCUT2D eigenvalue weighted by Crippen LogP contribution is 2.07. The van der Waals surface area contributed by atoms with Crippen molar-refractivity contribution < 1.29 is 44.0 Å². The average Bonchev–Trinajstić information content (AvgIpc) is 2.23. The van der Waals surface area contributed by atoms with Crippen molar-refractivity contribution >= 4 is 17.9 Å². The third-order valence-corrected chi connectivity index (χ3v) is 2.22. The van der Waals surface area contributed by atoms with E-state index in [4.69, 9.17) is 14.9 Å². The molecule has 0 aromatic heterocycles. The second-order valence-electron chi connectivity index (χ2n) is 5.34. The van der Waals surface area contributed by atoms with Crippen molar-refractivity contribution in [3.63, 3.8) is 0 Å². The summed E-state index contributed by atoms with van der Waals surface area (Å²) in [5, 5.41) is 37.3. The molecule has 3 atom stereocenters. The first-order valence-corrected chi connectivity index (χ1v) is 5.73. The van der Waals surface area contributed by atoms with Crippen LogP contribution in [-0.2, 0) is 19.1 Å². The molecule has 9 nitrogen and oxygen atoms in total. The van der Waals surface area contributed by atoms with E-state index in [0.29, 0.717) is 0 Å². The Morgan fingerprint density at radius 3 is 2.00 bits per heavy atom. The van der Waals surface area contributed by atoms with Crippen LogP contribution < -0.4 is 5.11 Å². The Morgan fingerprint density at radius 1 is 1.15 bits per heavy atom. The van der Waals surface area contributed by atoms with E-state index in [2.05, 4.69) is 0 Å². The number of carbonyl (C=O) groups excluding carboxylic acids is 2. The van der Waals surface area contributed by atoms with Crippen LogP contribution in [0.1, 0.15) is 6.42 Å². The molecule has 0 amide bonds. The quantitative estimate of drug-likeness (QED) is 0.309. The van der Waals surface area contributed by atoms with Crippen LogP contribution in [0.25, 0.3) is 0 Å². The Hall–Kier alpha value is -1.71. The van der Waals surface area contributed by atoms with Crippen LogP contribution in [0.2, 0.25) is 0 Å². The van der Waals surface area contributed by atoms with E-state index in [0.717, 1.165) is 0 Å². The first-order chi connectivity index (χ1) is 8.94. The zero-order valence-electron chi connectivity index (χ0n) is 11.5. The van der Waals surface area contributed by atoms with Crippen molar-refractivity contribution in [2.75, 3.05) is 27.7 Å². The summed E-state index contributed by atoms with van der Waals surface area (Å²) >= 11 is 0. The Balaban J connectivity index is 4.76. The van der Waals surface area contributed by atoms with Gasteiger partial charge in [0.05, 0.1) is 21.1 Å². The molecule has 0 aromatic rings. The van der Waals surface area contributed by atoms with Gasteiger partial charge in [0.15, 0.2) is 18.3 Å². The summed E-state index contributed by atoms with van der Waals surface area (Å²) in [4.78, 5) is 32.4. The molecule has 9 heteroatoms. The molecule has 0 spiro atoms. The molecular formula is C11H19NO8. The van der Waals surface area contributed by atoms with Crippen molar-refractivity contribution in [3.8, 4) is 0 Å². The highest BCUT2D eigenvalue weighted by molar-refractivity contribution is 5.84. The number of carboxylic acids is 2. The van der Waals surface area contributed by atoms with Crippen molar-refractivity contribution in [2.45, 2.75) is 24.7 Å². The van der Waals surface area contributed by atoms with Crippen LogP contribution >= 0.6 is 0 Å². The maximum Gasteiger partial charge on any atom is 0.338 e. The number of ether oxygens (including phenoxy) is 1. The molecule has 0 saturated carbocycles. The number of carboxylic acid groups (broad SMARTS) is 2. The van der Waals surface area contributed by atoms with Crippen molar-refractivity contribution in [1.29, 1.82) is 0 Å². The van der Waals surface area contributed by atoms with E-state index in [-0.39, 0.29) is 11.0 Å². The summed E-state index contributed by atoms with van der Waals surface area (Å²) in [5.74, 6) is -4.65. The fourth-order valence-corrected chi connectivity index (χ4v) is 1.44. The lowest BCUT2D eigenvalue weighted by Crippen LogP contribution is -2.48. The van der Waals surface area contributed by atoms with E-state index in [9.17, 15) is 24.6 Å². The molecule has 0 aromatic carbocycles. The summed E-state index contributed by atoms with van der Waals surface area (Å²) < 4.78 is 4.99. The molecule has 0 aliphatic carbocycles. The molecule has 1 unspecified atom stereocenters. The van der Waals surface area contributed by atoms with Gasteiger partial charge in [0.2, 0.25) is 0 Å². The van der Waals surface area contributed by atoms with Gasteiger partial charge in [-0.1, -0.05) is 0 Å². The minimum absolute atomic E-state index is 0.107. The maximum atomic E-state index is 11.5. The standard InChI is InChI=1S/C11H19NO8/c1-12(2,3)5-6(4-7(13)14)20-11(19)9(16)8(15)10(17)18/h6,8-9,15-16H,4-5H2,1-3H3,(H-,13,14,17,18)/t6?,8-,9-/m0/s1. The van der Waals surface area contributed by atoms with Crippen LogP contribution in [0, 0.1) is 0 Å². The first-order valence-electron chi connectivity index (χ1n) is 5.73. The predicted octanol–water partition coefficient (Wildman–Crippen LogP) is -3.45. The summed E-state index contributed by atoms with van der Waals surface area (Å²) in [5.41, 5.74) is 0. The summed E-state index contributed by atoms with van der Waals surface area (Å²) in [6, 6.07) is 0. The van der Waals surface area contributed by atoms with Gasteiger partial charge in [-0.15, -0.1) is 0 Å². The Morgan fingerprint density at radius 2 is 1.65 bits per heavy atom. The highest BCUT2D eigenvalue weighted by atomic mass is 16.6. The number of aliphatic hydroxyl groups excluding tert-OH is 2. The fourth-order valence-electron chi connectivity index (χ4n) is 1.44.